The van der Waals surface area contributed by atoms with Gasteiger partial charge in [-0.2, -0.15) is 0 Å². The second-order valence-corrected chi connectivity index (χ2v) is 4.08. The van der Waals surface area contributed by atoms with Gasteiger partial charge >= 0.3 is 0 Å². The normalized spacial score (nSPS) is 10.6. The Bertz CT molecular complexity index is 589. The number of aliphatic hydroxyl groups is 1. The van der Waals surface area contributed by atoms with Crippen LogP contribution in [0.25, 0.3) is 0 Å². The zero-order valence-corrected chi connectivity index (χ0v) is 10.1. The van der Waals surface area contributed by atoms with Crippen LogP contribution in [0, 0.1) is 24.4 Å². The first-order chi connectivity index (χ1) is 9.01. The van der Waals surface area contributed by atoms with Gasteiger partial charge in [0.15, 0.2) is 29.0 Å². The number of rotatable bonds is 3. The number of aryl methyl sites for hydroxylation is 1. The molecule has 0 bridgehead atoms. The molecule has 19 heavy (non-hydrogen) atoms. The van der Waals surface area contributed by atoms with Crippen LogP contribution in [0.15, 0.2) is 30.3 Å². The lowest BCUT2D eigenvalue weighted by Gasteiger charge is -2.10. The minimum absolute atomic E-state index is 0.0760. The van der Waals surface area contributed by atoms with Crippen LogP contribution in [0.1, 0.15) is 11.1 Å². The third-order valence-corrected chi connectivity index (χ3v) is 2.54. The van der Waals surface area contributed by atoms with Crippen LogP contribution in [0.5, 0.6) is 11.5 Å². The molecule has 0 atom stereocenters. The first kappa shape index (κ1) is 13.4. The van der Waals surface area contributed by atoms with Gasteiger partial charge in [0.1, 0.15) is 0 Å². The average Bonchev–Trinajstić information content (AvgIpc) is 2.37. The van der Waals surface area contributed by atoms with Crippen molar-refractivity contribution in [3.05, 3.63) is 58.9 Å². The molecule has 0 unspecified atom stereocenters. The fourth-order valence-electron chi connectivity index (χ4n) is 1.60. The molecule has 0 heterocycles. The summed E-state index contributed by atoms with van der Waals surface area (Å²) in [7, 11) is 0. The monoisotopic (exact) mass is 268 g/mol. The Morgan fingerprint density at radius 3 is 2.21 bits per heavy atom. The molecule has 0 spiro atoms. The first-order valence-electron chi connectivity index (χ1n) is 5.54. The van der Waals surface area contributed by atoms with Crippen molar-refractivity contribution in [2.75, 3.05) is 0 Å². The molecule has 1 N–H and O–H groups in total. The third-order valence-electron chi connectivity index (χ3n) is 2.54. The lowest BCUT2D eigenvalue weighted by molar-refractivity contribution is 0.279. The maximum atomic E-state index is 13.6. The van der Waals surface area contributed by atoms with Crippen molar-refractivity contribution in [1.82, 2.24) is 0 Å². The number of ether oxygens (including phenoxy) is 1. The zero-order chi connectivity index (χ0) is 14.0. The molecule has 0 aromatic heterocycles. The lowest BCUT2D eigenvalue weighted by atomic mass is 10.2. The Morgan fingerprint density at radius 1 is 1.00 bits per heavy atom. The van der Waals surface area contributed by atoms with E-state index >= 15 is 0 Å². The fraction of sp³-hybridized carbons (Fsp3) is 0.143. The molecule has 0 fully saturated rings. The van der Waals surface area contributed by atoms with E-state index in [1.54, 1.807) is 6.92 Å². The van der Waals surface area contributed by atoms with Crippen LogP contribution in [0.2, 0.25) is 0 Å². The predicted octanol–water partition coefficient (Wildman–Crippen LogP) is 3.70. The smallest absolute Gasteiger partial charge is 0.198 e. The third kappa shape index (κ3) is 2.88. The van der Waals surface area contributed by atoms with E-state index in [0.717, 1.165) is 18.2 Å². The summed E-state index contributed by atoms with van der Waals surface area (Å²) in [5.41, 5.74) is 0.774. The molecule has 0 saturated carbocycles. The molecule has 0 aliphatic rings. The number of hydrogen-bond donors (Lipinski definition) is 1. The van der Waals surface area contributed by atoms with Crippen molar-refractivity contribution in [2.24, 2.45) is 0 Å². The van der Waals surface area contributed by atoms with Gasteiger partial charge in [0.25, 0.3) is 0 Å². The molecular formula is C14H11F3O2. The molecule has 2 aromatic carbocycles. The molecule has 2 rings (SSSR count). The topological polar surface area (TPSA) is 29.5 Å². The first-order valence-corrected chi connectivity index (χ1v) is 5.54. The van der Waals surface area contributed by atoms with Crippen LogP contribution in [-0.2, 0) is 6.61 Å². The summed E-state index contributed by atoms with van der Waals surface area (Å²) in [5, 5.41) is 8.81. The van der Waals surface area contributed by atoms with E-state index in [0.29, 0.717) is 5.56 Å². The zero-order valence-electron chi connectivity index (χ0n) is 10.1. The Morgan fingerprint density at radius 2 is 1.63 bits per heavy atom. The summed E-state index contributed by atoms with van der Waals surface area (Å²) in [5.74, 6) is -3.65. The van der Waals surface area contributed by atoms with Crippen LogP contribution < -0.4 is 4.74 Å². The van der Waals surface area contributed by atoms with Gasteiger partial charge in [0.2, 0.25) is 0 Å². The molecule has 0 aliphatic carbocycles. The molecule has 100 valence electrons. The van der Waals surface area contributed by atoms with E-state index in [9.17, 15) is 13.2 Å². The van der Waals surface area contributed by atoms with Gasteiger partial charge in [0.05, 0.1) is 6.61 Å². The predicted molar refractivity (Wildman–Crippen MR) is 63.5 cm³/mol. The van der Waals surface area contributed by atoms with Crippen molar-refractivity contribution in [3.8, 4) is 11.5 Å². The van der Waals surface area contributed by atoms with Crippen LogP contribution in [0.4, 0.5) is 13.2 Å². The van der Waals surface area contributed by atoms with Gasteiger partial charge in [-0.15, -0.1) is 0 Å². The van der Waals surface area contributed by atoms with Gasteiger partial charge in [-0.05, 0) is 42.3 Å². The molecular weight excluding hydrogens is 257 g/mol. The number of aliphatic hydroxyl groups excluding tert-OH is 1. The van der Waals surface area contributed by atoms with E-state index in [1.807, 2.05) is 0 Å². The average molecular weight is 268 g/mol. The summed E-state index contributed by atoms with van der Waals surface area (Å²) in [6.07, 6.45) is 0. The molecule has 0 aliphatic heterocycles. The van der Waals surface area contributed by atoms with Gasteiger partial charge in [-0.3, -0.25) is 0 Å². The highest BCUT2D eigenvalue weighted by Gasteiger charge is 2.15. The standard InChI is InChI=1S/C14H11F3O2/c1-8-2-3-10(15)13(4-8)19-14-11(16)5-9(7-18)6-12(14)17/h2-6,18H,7H2,1H3. The van der Waals surface area contributed by atoms with Crippen molar-refractivity contribution >= 4 is 0 Å². The quantitative estimate of drug-likeness (QED) is 0.919. The van der Waals surface area contributed by atoms with Gasteiger partial charge in [-0.25, -0.2) is 13.2 Å². The van der Waals surface area contributed by atoms with E-state index in [4.69, 9.17) is 9.84 Å². The number of halogens is 3. The largest absolute Gasteiger partial charge is 0.448 e. The van der Waals surface area contributed by atoms with Crippen LogP contribution >= 0.6 is 0 Å². The number of benzene rings is 2. The summed E-state index contributed by atoms with van der Waals surface area (Å²) in [6.45, 7) is 1.21. The Hall–Kier alpha value is -2.01. The van der Waals surface area contributed by atoms with E-state index in [2.05, 4.69) is 0 Å². The van der Waals surface area contributed by atoms with E-state index < -0.39 is 29.8 Å². The minimum atomic E-state index is -0.995. The Balaban J connectivity index is 2.41. The molecule has 5 heteroatoms. The van der Waals surface area contributed by atoms with Gasteiger partial charge in [0, 0.05) is 0 Å². The van der Waals surface area contributed by atoms with Crippen molar-refractivity contribution in [2.45, 2.75) is 13.5 Å². The SMILES string of the molecule is Cc1ccc(F)c(Oc2c(F)cc(CO)cc2F)c1. The second-order valence-electron chi connectivity index (χ2n) is 4.08. The summed E-state index contributed by atoms with van der Waals surface area (Å²) < 4.78 is 45.6. The van der Waals surface area contributed by atoms with Crippen LogP contribution in [-0.4, -0.2) is 5.11 Å². The van der Waals surface area contributed by atoms with Crippen molar-refractivity contribution in [1.29, 1.82) is 0 Å². The highest BCUT2D eigenvalue weighted by Crippen LogP contribution is 2.30. The van der Waals surface area contributed by atoms with Gasteiger partial charge < -0.3 is 9.84 Å². The van der Waals surface area contributed by atoms with Crippen molar-refractivity contribution in [3.63, 3.8) is 0 Å². The fourth-order valence-corrected chi connectivity index (χ4v) is 1.60. The van der Waals surface area contributed by atoms with Crippen molar-refractivity contribution < 1.29 is 23.0 Å². The molecule has 2 aromatic rings. The van der Waals surface area contributed by atoms with E-state index in [-0.39, 0.29) is 11.3 Å². The Labute approximate surface area is 108 Å². The lowest BCUT2D eigenvalue weighted by Crippen LogP contribution is -1.97. The summed E-state index contributed by atoms with van der Waals surface area (Å²) in [4.78, 5) is 0. The van der Waals surface area contributed by atoms with Gasteiger partial charge in [-0.1, -0.05) is 6.07 Å². The highest BCUT2D eigenvalue weighted by molar-refractivity contribution is 5.37. The Kier molecular flexibility index (Phi) is 3.76. The summed E-state index contributed by atoms with van der Waals surface area (Å²) >= 11 is 0. The molecule has 0 amide bonds. The van der Waals surface area contributed by atoms with Crippen LogP contribution in [0.3, 0.4) is 0 Å². The molecule has 0 radical (unpaired) electrons. The van der Waals surface area contributed by atoms with E-state index in [1.165, 1.54) is 12.1 Å². The number of hydrogen-bond acceptors (Lipinski definition) is 2. The summed E-state index contributed by atoms with van der Waals surface area (Å²) in [6, 6.07) is 5.89. The molecule has 0 saturated heterocycles. The minimum Gasteiger partial charge on any atom is -0.448 e. The maximum absolute atomic E-state index is 13.6. The maximum Gasteiger partial charge on any atom is 0.198 e. The second kappa shape index (κ2) is 5.32. The highest BCUT2D eigenvalue weighted by atomic mass is 19.1. The molecule has 2 nitrogen and oxygen atoms in total.